The van der Waals surface area contributed by atoms with Gasteiger partial charge in [0, 0.05) is 18.3 Å². The minimum atomic E-state index is 0.901. The topological polar surface area (TPSA) is 37.8 Å². The van der Waals surface area contributed by atoms with Gasteiger partial charge in [-0.25, -0.2) is 9.97 Å². The van der Waals surface area contributed by atoms with Crippen LogP contribution >= 0.6 is 11.8 Å². The number of aromatic nitrogens is 2. The van der Waals surface area contributed by atoms with E-state index in [2.05, 4.69) is 36.1 Å². The molecule has 0 saturated heterocycles. The number of thioether (sulfide) groups is 1. The van der Waals surface area contributed by atoms with Crippen LogP contribution in [0, 0.1) is 6.92 Å². The third kappa shape index (κ3) is 3.09. The molecule has 1 aromatic rings. The van der Waals surface area contributed by atoms with Crippen molar-refractivity contribution < 1.29 is 0 Å². The minimum absolute atomic E-state index is 0.901. The average molecular weight is 225 g/mol. The number of hydrogen-bond acceptors (Lipinski definition) is 4. The van der Waals surface area contributed by atoms with E-state index >= 15 is 0 Å². The van der Waals surface area contributed by atoms with Crippen molar-refractivity contribution in [1.29, 1.82) is 0 Å². The molecule has 4 heteroatoms. The summed E-state index contributed by atoms with van der Waals surface area (Å²) >= 11 is 1.85. The number of aryl methyl sites for hydroxylation is 1. The zero-order chi connectivity index (χ0) is 11.3. The van der Waals surface area contributed by atoms with Crippen LogP contribution in [-0.2, 0) is 12.2 Å². The van der Waals surface area contributed by atoms with Crippen LogP contribution in [0.3, 0.4) is 0 Å². The fourth-order valence-corrected chi connectivity index (χ4v) is 1.98. The van der Waals surface area contributed by atoms with E-state index in [1.165, 1.54) is 5.56 Å². The highest BCUT2D eigenvalue weighted by molar-refractivity contribution is 7.98. The monoisotopic (exact) mass is 225 g/mol. The van der Waals surface area contributed by atoms with Gasteiger partial charge in [-0.15, -0.1) is 0 Å². The predicted octanol–water partition coefficient (Wildman–Crippen LogP) is 2.64. The molecule has 0 aliphatic rings. The van der Waals surface area contributed by atoms with Gasteiger partial charge in [0.1, 0.15) is 11.6 Å². The molecule has 3 nitrogen and oxygen atoms in total. The number of hydrogen-bond donors (Lipinski definition) is 1. The first-order chi connectivity index (χ1) is 7.22. The molecular weight excluding hydrogens is 206 g/mol. The van der Waals surface area contributed by atoms with Gasteiger partial charge in [-0.1, -0.05) is 13.8 Å². The number of nitrogens with zero attached hydrogens (tertiary/aromatic N) is 2. The summed E-state index contributed by atoms with van der Waals surface area (Å²) in [5.41, 5.74) is 2.33. The van der Waals surface area contributed by atoms with Crippen molar-refractivity contribution in [2.24, 2.45) is 0 Å². The highest BCUT2D eigenvalue weighted by Crippen LogP contribution is 2.17. The highest BCUT2D eigenvalue weighted by Gasteiger charge is 2.07. The Morgan fingerprint density at radius 2 is 2.00 bits per heavy atom. The molecule has 0 aromatic carbocycles. The predicted molar refractivity (Wildman–Crippen MR) is 67.5 cm³/mol. The fourth-order valence-electron chi connectivity index (χ4n) is 1.46. The molecular formula is C11H19N3S. The largest absolute Gasteiger partial charge is 0.373 e. The van der Waals surface area contributed by atoms with E-state index < -0.39 is 0 Å². The van der Waals surface area contributed by atoms with Crippen LogP contribution < -0.4 is 5.32 Å². The zero-order valence-electron chi connectivity index (χ0n) is 9.92. The second-order valence-electron chi connectivity index (χ2n) is 3.30. The second kappa shape index (κ2) is 5.95. The highest BCUT2D eigenvalue weighted by atomic mass is 32.2. The summed E-state index contributed by atoms with van der Waals surface area (Å²) in [5.74, 6) is 3.91. The third-order valence-corrected chi connectivity index (χ3v) is 3.17. The maximum absolute atomic E-state index is 4.56. The zero-order valence-corrected chi connectivity index (χ0v) is 10.7. The molecule has 1 aromatic heterocycles. The lowest BCUT2D eigenvalue weighted by Crippen LogP contribution is -2.06. The lowest BCUT2D eigenvalue weighted by Gasteiger charge is -2.10. The van der Waals surface area contributed by atoms with Crippen molar-refractivity contribution in [2.45, 2.75) is 32.9 Å². The molecule has 1 rings (SSSR count). The second-order valence-corrected chi connectivity index (χ2v) is 4.58. The molecule has 0 atom stereocenters. The normalized spacial score (nSPS) is 10.4. The van der Waals surface area contributed by atoms with E-state index in [9.17, 15) is 0 Å². The van der Waals surface area contributed by atoms with E-state index in [0.717, 1.165) is 35.3 Å². The Morgan fingerprint density at radius 3 is 2.53 bits per heavy atom. The molecule has 84 valence electrons. The van der Waals surface area contributed by atoms with E-state index in [4.69, 9.17) is 0 Å². The first-order valence-electron chi connectivity index (χ1n) is 5.34. The Balaban J connectivity index is 2.98. The summed E-state index contributed by atoms with van der Waals surface area (Å²) in [6.07, 6.45) is 0.965. The van der Waals surface area contributed by atoms with Gasteiger partial charge < -0.3 is 5.32 Å². The Hall–Kier alpha value is -0.770. The van der Waals surface area contributed by atoms with Gasteiger partial charge in [0.25, 0.3) is 0 Å². The molecule has 0 bridgehead atoms. The molecule has 15 heavy (non-hydrogen) atoms. The molecule has 0 aliphatic heterocycles. The molecule has 1 heterocycles. The minimum Gasteiger partial charge on any atom is -0.373 e. The maximum Gasteiger partial charge on any atom is 0.140 e. The van der Waals surface area contributed by atoms with Crippen LogP contribution in [0.2, 0.25) is 0 Å². The smallest absolute Gasteiger partial charge is 0.140 e. The summed E-state index contributed by atoms with van der Waals surface area (Å²) in [6, 6.07) is 0. The summed E-state index contributed by atoms with van der Waals surface area (Å²) in [4.78, 5) is 9.06. The molecule has 0 amide bonds. The molecule has 0 spiro atoms. The maximum atomic E-state index is 4.56. The number of nitrogens with one attached hydrogen (secondary N) is 1. The lowest BCUT2D eigenvalue weighted by molar-refractivity contribution is 0.920. The third-order valence-electron chi connectivity index (χ3n) is 2.30. The Kier molecular flexibility index (Phi) is 4.88. The average Bonchev–Trinajstić information content (AvgIpc) is 2.27. The van der Waals surface area contributed by atoms with Gasteiger partial charge in [-0.2, -0.15) is 11.8 Å². The van der Waals surface area contributed by atoms with Gasteiger partial charge in [-0.3, -0.25) is 0 Å². The summed E-state index contributed by atoms with van der Waals surface area (Å²) in [6.45, 7) is 6.35. The van der Waals surface area contributed by atoms with Gasteiger partial charge in [0.15, 0.2) is 0 Å². The van der Waals surface area contributed by atoms with E-state index in [0.29, 0.717) is 0 Å². The van der Waals surface area contributed by atoms with Crippen molar-refractivity contribution in [2.75, 3.05) is 18.1 Å². The quantitative estimate of drug-likeness (QED) is 0.836. The number of anilines is 1. The van der Waals surface area contributed by atoms with Crippen molar-refractivity contribution >= 4 is 17.6 Å². The van der Waals surface area contributed by atoms with E-state index in [1.807, 2.05) is 18.8 Å². The van der Waals surface area contributed by atoms with Crippen molar-refractivity contribution in [1.82, 2.24) is 9.97 Å². The summed E-state index contributed by atoms with van der Waals surface area (Å²) in [7, 11) is 1.91. The fraction of sp³-hybridized carbons (Fsp3) is 0.636. The van der Waals surface area contributed by atoms with Crippen molar-refractivity contribution in [3.05, 3.63) is 17.1 Å². The van der Waals surface area contributed by atoms with Crippen molar-refractivity contribution in [3.8, 4) is 0 Å². The van der Waals surface area contributed by atoms with Crippen LogP contribution in [0.25, 0.3) is 0 Å². The molecule has 1 N–H and O–H groups in total. The Bertz CT molecular complexity index is 301. The van der Waals surface area contributed by atoms with E-state index in [1.54, 1.807) is 0 Å². The van der Waals surface area contributed by atoms with Crippen LogP contribution in [0.4, 0.5) is 5.82 Å². The number of rotatable bonds is 5. The van der Waals surface area contributed by atoms with Crippen LogP contribution in [0.5, 0.6) is 0 Å². The standard InChI is InChI=1S/C11H19N3S/c1-5-9-8(3)11(12-4)14-10(13-9)7-15-6-2/h5-7H2,1-4H3,(H,12,13,14). The van der Waals surface area contributed by atoms with E-state index in [-0.39, 0.29) is 0 Å². The molecule has 0 radical (unpaired) electrons. The van der Waals surface area contributed by atoms with Gasteiger partial charge in [-0.05, 0) is 19.1 Å². The SMILES string of the molecule is CCSCc1nc(CC)c(C)c(NC)n1. The first-order valence-corrected chi connectivity index (χ1v) is 6.50. The first kappa shape index (κ1) is 12.3. The van der Waals surface area contributed by atoms with Crippen LogP contribution in [0.1, 0.15) is 30.9 Å². The van der Waals surface area contributed by atoms with Gasteiger partial charge in [0.05, 0.1) is 5.75 Å². The van der Waals surface area contributed by atoms with Crippen LogP contribution in [-0.4, -0.2) is 22.8 Å². The lowest BCUT2D eigenvalue weighted by atomic mass is 10.2. The van der Waals surface area contributed by atoms with Gasteiger partial charge >= 0.3 is 0 Å². The summed E-state index contributed by atoms with van der Waals surface area (Å²) < 4.78 is 0. The van der Waals surface area contributed by atoms with Gasteiger partial charge in [0.2, 0.25) is 0 Å². The molecule has 0 aliphatic carbocycles. The Labute approximate surface area is 96.1 Å². The molecule has 0 unspecified atom stereocenters. The van der Waals surface area contributed by atoms with Crippen LogP contribution in [0.15, 0.2) is 0 Å². The van der Waals surface area contributed by atoms with Crippen molar-refractivity contribution in [3.63, 3.8) is 0 Å². The molecule has 0 fully saturated rings. The summed E-state index contributed by atoms with van der Waals surface area (Å²) in [5, 5.41) is 3.13. The molecule has 0 saturated carbocycles. The Morgan fingerprint density at radius 1 is 1.27 bits per heavy atom.